The maximum atomic E-state index is 12.3. The maximum Gasteiger partial charge on any atom is 0.259 e. The largest absolute Gasteiger partial charge is 0.322 e. The number of hydrogen-bond acceptors (Lipinski definition) is 4. The van der Waals surface area contributed by atoms with Crippen LogP contribution in [0.3, 0.4) is 0 Å². The van der Waals surface area contributed by atoms with Gasteiger partial charge < -0.3 is 10.6 Å². The number of nitrogens with one attached hydrogen (secondary N) is 2. The van der Waals surface area contributed by atoms with Crippen molar-refractivity contribution in [2.75, 3.05) is 11.9 Å². The van der Waals surface area contributed by atoms with Gasteiger partial charge in [-0.2, -0.15) is 0 Å². The zero-order valence-corrected chi connectivity index (χ0v) is 15.1. The predicted octanol–water partition coefficient (Wildman–Crippen LogP) is 3.70. The van der Waals surface area contributed by atoms with E-state index in [1.165, 1.54) is 12.8 Å². The molecule has 1 saturated heterocycles. The summed E-state index contributed by atoms with van der Waals surface area (Å²) in [6.45, 7) is 2.86. The SMILES string of the molecule is Cc1nc(C2CCCCN2)ncc1C(=O)Nc1ccccc1.Cl.Cl. The molecular formula is C17H22Cl2N4O. The van der Waals surface area contributed by atoms with Crippen molar-refractivity contribution in [3.8, 4) is 0 Å². The molecule has 130 valence electrons. The Morgan fingerprint density at radius 3 is 2.58 bits per heavy atom. The Morgan fingerprint density at radius 2 is 1.96 bits per heavy atom. The number of carbonyl (C=O) groups is 1. The number of anilines is 1. The van der Waals surface area contributed by atoms with E-state index in [9.17, 15) is 4.79 Å². The molecule has 2 N–H and O–H groups in total. The second-order valence-corrected chi connectivity index (χ2v) is 5.55. The van der Waals surface area contributed by atoms with Crippen LogP contribution in [0.25, 0.3) is 0 Å². The summed E-state index contributed by atoms with van der Waals surface area (Å²) in [6, 6.07) is 9.60. The van der Waals surface area contributed by atoms with Crippen molar-refractivity contribution >= 4 is 36.4 Å². The molecule has 1 aromatic heterocycles. The zero-order chi connectivity index (χ0) is 15.4. The summed E-state index contributed by atoms with van der Waals surface area (Å²) >= 11 is 0. The highest BCUT2D eigenvalue weighted by atomic mass is 35.5. The minimum absolute atomic E-state index is 0. The number of halogens is 2. The molecule has 7 heteroatoms. The first-order valence-electron chi connectivity index (χ1n) is 7.67. The van der Waals surface area contributed by atoms with Gasteiger partial charge in [-0.15, -0.1) is 24.8 Å². The highest BCUT2D eigenvalue weighted by Crippen LogP contribution is 2.20. The molecule has 1 aliphatic heterocycles. The standard InChI is InChI=1S/C17H20N4O.2ClH/c1-12-14(17(22)21-13-7-3-2-4-8-13)11-19-16(20-12)15-9-5-6-10-18-15;;/h2-4,7-8,11,15,18H,5-6,9-10H2,1H3,(H,21,22);2*1H. The van der Waals surface area contributed by atoms with Crippen LogP contribution in [0.1, 0.15) is 47.2 Å². The van der Waals surface area contributed by atoms with Crippen molar-refractivity contribution in [1.29, 1.82) is 0 Å². The van der Waals surface area contributed by atoms with Crippen LogP contribution in [0, 0.1) is 6.92 Å². The smallest absolute Gasteiger partial charge is 0.259 e. The number of carbonyl (C=O) groups excluding carboxylic acids is 1. The lowest BCUT2D eigenvalue weighted by molar-refractivity contribution is 0.102. The van der Waals surface area contributed by atoms with Crippen LogP contribution in [-0.2, 0) is 0 Å². The van der Waals surface area contributed by atoms with Gasteiger partial charge in [0.2, 0.25) is 0 Å². The Balaban J connectivity index is 0.00000144. The number of aryl methyl sites for hydroxylation is 1. The first kappa shape index (κ1) is 20.4. The first-order chi connectivity index (χ1) is 10.7. The summed E-state index contributed by atoms with van der Waals surface area (Å²) in [5.74, 6) is 0.611. The molecule has 1 amide bonds. The van der Waals surface area contributed by atoms with Crippen molar-refractivity contribution < 1.29 is 4.79 Å². The van der Waals surface area contributed by atoms with Crippen LogP contribution < -0.4 is 10.6 Å². The van der Waals surface area contributed by atoms with E-state index in [4.69, 9.17) is 0 Å². The molecule has 2 aromatic rings. The minimum Gasteiger partial charge on any atom is -0.322 e. The summed E-state index contributed by atoms with van der Waals surface area (Å²) in [5.41, 5.74) is 2.00. The van der Waals surface area contributed by atoms with E-state index in [2.05, 4.69) is 20.6 Å². The fraction of sp³-hybridized carbons (Fsp3) is 0.353. The highest BCUT2D eigenvalue weighted by molar-refractivity contribution is 6.04. The minimum atomic E-state index is -0.174. The van der Waals surface area contributed by atoms with E-state index in [0.29, 0.717) is 11.3 Å². The summed E-state index contributed by atoms with van der Waals surface area (Å²) in [5, 5.41) is 6.29. The topological polar surface area (TPSA) is 66.9 Å². The molecule has 0 saturated carbocycles. The number of aromatic nitrogens is 2. The van der Waals surface area contributed by atoms with E-state index < -0.39 is 0 Å². The van der Waals surface area contributed by atoms with Crippen LogP contribution in [0.15, 0.2) is 36.5 Å². The second kappa shape index (κ2) is 9.57. The second-order valence-electron chi connectivity index (χ2n) is 5.55. The molecule has 0 radical (unpaired) electrons. The van der Waals surface area contributed by atoms with Crippen LogP contribution in [0.4, 0.5) is 5.69 Å². The van der Waals surface area contributed by atoms with E-state index in [1.807, 2.05) is 37.3 Å². The molecule has 5 nitrogen and oxygen atoms in total. The third-order valence-electron chi connectivity index (χ3n) is 3.90. The van der Waals surface area contributed by atoms with E-state index in [0.717, 1.165) is 24.5 Å². The van der Waals surface area contributed by atoms with Gasteiger partial charge >= 0.3 is 0 Å². The molecule has 0 bridgehead atoms. The Labute approximate surface area is 154 Å². The number of rotatable bonds is 3. The number of benzene rings is 1. The number of piperidine rings is 1. The molecule has 1 atom stereocenters. The third kappa shape index (κ3) is 4.90. The zero-order valence-electron chi connectivity index (χ0n) is 13.5. The predicted molar refractivity (Wildman–Crippen MR) is 100 cm³/mol. The summed E-state index contributed by atoms with van der Waals surface area (Å²) < 4.78 is 0. The lowest BCUT2D eigenvalue weighted by Gasteiger charge is -2.22. The van der Waals surface area contributed by atoms with Crippen LogP contribution in [-0.4, -0.2) is 22.4 Å². The normalized spacial score (nSPS) is 16.5. The Hall–Kier alpha value is -1.69. The highest BCUT2D eigenvalue weighted by Gasteiger charge is 2.19. The van der Waals surface area contributed by atoms with Crippen LogP contribution >= 0.6 is 24.8 Å². The van der Waals surface area contributed by atoms with Gasteiger partial charge in [0.05, 0.1) is 17.3 Å². The molecule has 24 heavy (non-hydrogen) atoms. The molecule has 3 rings (SSSR count). The summed E-state index contributed by atoms with van der Waals surface area (Å²) in [4.78, 5) is 21.2. The van der Waals surface area contributed by atoms with Crippen LogP contribution in [0.2, 0.25) is 0 Å². The van der Waals surface area contributed by atoms with Gasteiger partial charge in [0, 0.05) is 11.9 Å². The van der Waals surface area contributed by atoms with Crippen molar-refractivity contribution in [3.05, 3.63) is 53.6 Å². The molecule has 1 unspecified atom stereocenters. The number of amides is 1. The first-order valence-corrected chi connectivity index (χ1v) is 7.67. The average Bonchev–Trinajstić information content (AvgIpc) is 2.56. The fourth-order valence-corrected chi connectivity index (χ4v) is 2.67. The van der Waals surface area contributed by atoms with Crippen molar-refractivity contribution in [3.63, 3.8) is 0 Å². The molecule has 1 fully saturated rings. The fourth-order valence-electron chi connectivity index (χ4n) is 2.67. The van der Waals surface area contributed by atoms with Crippen molar-refractivity contribution in [2.24, 2.45) is 0 Å². The molecule has 0 spiro atoms. The number of hydrogen-bond donors (Lipinski definition) is 2. The molecular weight excluding hydrogens is 347 g/mol. The Bertz CT molecular complexity index is 661. The van der Waals surface area contributed by atoms with E-state index in [1.54, 1.807) is 6.20 Å². The molecule has 2 heterocycles. The van der Waals surface area contributed by atoms with Gasteiger partial charge in [-0.1, -0.05) is 24.6 Å². The lowest BCUT2D eigenvalue weighted by Crippen LogP contribution is -2.29. The van der Waals surface area contributed by atoms with Crippen molar-refractivity contribution in [2.45, 2.75) is 32.2 Å². The van der Waals surface area contributed by atoms with Gasteiger partial charge in [-0.25, -0.2) is 9.97 Å². The van der Waals surface area contributed by atoms with Crippen LogP contribution in [0.5, 0.6) is 0 Å². The Kier molecular flexibility index (Phi) is 8.11. The van der Waals surface area contributed by atoms with Gasteiger partial charge in [-0.05, 0) is 38.4 Å². The van der Waals surface area contributed by atoms with Gasteiger partial charge in [0.1, 0.15) is 5.82 Å². The molecule has 1 aromatic carbocycles. The number of nitrogens with zero attached hydrogens (tertiary/aromatic N) is 2. The maximum absolute atomic E-state index is 12.3. The number of para-hydroxylation sites is 1. The quantitative estimate of drug-likeness (QED) is 0.866. The summed E-state index contributed by atoms with van der Waals surface area (Å²) in [6.07, 6.45) is 5.07. The monoisotopic (exact) mass is 368 g/mol. The summed E-state index contributed by atoms with van der Waals surface area (Å²) in [7, 11) is 0. The van der Waals surface area contributed by atoms with Gasteiger partial charge in [0.15, 0.2) is 0 Å². The molecule has 1 aliphatic rings. The van der Waals surface area contributed by atoms with Gasteiger partial charge in [-0.3, -0.25) is 4.79 Å². The lowest BCUT2D eigenvalue weighted by atomic mass is 10.0. The van der Waals surface area contributed by atoms with E-state index in [-0.39, 0.29) is 36.8 Å². The van der Waals surface area contributed by atoms with E-state index >= 15 is 0 Å². The van der Waals surface area contributed by atoms with Gasteiger partial charge in [0.25, 0.3) is 5.91 Å². The Morgan fingerprint density at radius 1 is 1.21 bits per heavy atom. The molecule has 0 aliphatic carbocycles. The third-order valence-corrected chi connectivity index (χ3v) is 3.90. The average molecular weight is 369 g/mol. The van der Waals surface area contributed by atoms with Crippen molar-refractivity contribution in [1.82, 2.24) is 15.3 Å².